The molecule has 3 nitrogen and oxygen atoms in total. The zero-order chi connectivity index (χ0) is 14.9. The molecule has 0 fully saturated rings. The summed E-state index contributed by atoms with van der Waals surface area (Å²) in [5.41, 5.74) is -1.73. The first-order valence-corrected chi connectivity index (χ1v) is 6.04. The van der Waals surface area contributed by atoms with E-state index in [2.05, 4.69) is 23.6 Å². The van der Waals surface area contributed by atoms with Gasteiger partial charge in [-0.3, -0.25) is 0 Å². The molecule has 0 amide bonds. The summed E-state index contributed by atoms with van der Waals surface area (Å²) in [5, 5.41) is 3.11. The molecule has 20 heavy (non-hydrogen) atoms. The minimum atomic E-state index is -2.97. The third-order valence-corrected chi connectivity index (χ3v) is 3.51. The van der Waals surface area contributed by atoms with Crippen molar-refractivity contribution >= 4 is 30.3 Å². The first-order valence-electron chi connectivity index (χ1n) is 5.66. The van der Waals surface area contributed by atoms with Gasteiger partial charge in [0.1, 0.15) is 17.5 Å². The Bertz CT molecular complexity index is 628. The molecule has 0 bridgehead atoms. The highest BCUT2D eigenvalue weighted by Gasteiger charge is 2.49. The van der Waals surface area contributed by atoms with Crippen LogP contribution < -0.4 is 5.32 Å². The number of allylic oxidation sites excluding steroid dienone is 2. The van der Waals surface area contributed by atoms with Crippen LogP contribution in [-0.4, -0.2) is 19.4 Å². The number of hydrogen-bond acceptors (Lipinski definition) is 3. The smallest absolute Gasteiger partial charge is 0.259 e. The van der Waals surface area contributed by atoms with Gasteiger partial charge in [0, 0.05) is 21.8 Å². The van der Waals surface area contributed by atoms with Crippen molar-refractivity contribution in [3.05, 3.63) is 52.8 Å². The number of aldehydes is 1. The van der Waals surface area contributed by atoms with E-state index in [0.29, 0.717) is 5.69 Å². The highest BCUT2D eigenvalue weighted by Crippen LogP contribution is 2.46. The molecule has 1 heterocycles. The van der Waals surface area contributed by atoms with Gasteiger partial charge < -0.3 is 10.1 Å². The Morgan fingerprint density at radius 1 is 1.45 bits per heavy atom. The van der Waals surface area contributed by atoms with E-state index in [-0.39, 0.29) is 28.3 Å². The van der Waals surface area contributed by atoms with Crippen molar-refractivity contribution in [2.45, 2.75) is 11.8 Å². The molecule has 1 aromatic carbocycles. The number of hydrogen-bond donors (Lipinski definition) is 1. The van der Waals surface area contributed by atoms with Crippen molar-refractivity contribution in [2.75, 3.05) is 5.32 Å². The van der Waals surface area contributed by atoms with Gasteiger partial charge in [-0.1, -0.05) is 24.3 Å². The second-order valence-corrected chi connectivity index (χ2v) is 4.66. The first-order chi connectivity index (χ1) is 9.51. The maximum Gasteiger partial charge on any atom is 0.259 e. The van der Waals surface area contributed by atoms with Crippen molar-refractivity contribution in [1.29, 1.82) is 0 Å². The first kappa shape index (κ1) is 14.4. The van der Waals surface area contributed by atoms with Crippen LogP contribution in [0.2, 0.25) is 5.02 Å². The van der Waals surface area contributed by atoms with Gasteiger partial charge in [-0.05, 0) is 24.9 Å². The van der Waals surface area contributed by atoms with Gasteiger partial charge in [-0.25, -0.2) is 13.8 Å². The number of aliphatic imine (C=N–C) groups is 1. The lowest BCUT2D eigenvalue weighted by molar-refractivity contribution is -0.116. The Balaban J connectivity index is 2.87. The highest BCUT2D eigenvalue weighted by molar-refractivity contribution is 6.30. The van der Waals surface area contributed by atoms with Crippen molar-refractivity contribution in [1.82, 2.24) is 0 Å². The van der Waals surface area contributed by atoms with Gasteiger partial charge in [-0.2, -0.15) is 0 Å². The molecule has 0 aliphatic carbocycles. The number of nitrogens with zero attached hydrogens (tertiary/aromatic N) is 1. The maximum atomic E-state index is 13.7. The van der Waals surface area contributed by atoms with Crippen molar-refractivity contribution in [3.8, 4) is 0 Å². The predicted molar refractivity (Wildman–Crippen MR) is 75.6 cm³/mol. The largest absolute Gasteiger partial charge is 0.340 e. The maximum absolute atomic E-state index is 13.7. The quantitative estimate of drug-likeness (QED) is 0.682. The van der Waals surface area contributed by atoms with Gasteiger partial charge in [-0.15, -0.1) is 0 Å². The van der Waals surface area contributed by atoms with Crippen LogP contribution >= 0.6 is 11.6 Å². The van der Waals surface area contributed by atoms with Crippen LogP contribution in [0.1, 0.15) is 5.56 Å². The lowest BCUT2D eigenvalue weighted by atomic mass is 9.72. The molecule has 0 saturated carbocycles. The van der Waals surface area contributed by atoms with E-state index in [1.807, 2.05) is 0 Å². The number of nitrogens with one attached hydrogen (secondary N) is 1. The molecule has 0 radical (unpaired) electrons. The molecule has 1 atom stereocenters. The highest BCUT2D eigenvalue weighted by atomic mass is 35.5. The number of fused-ring (bicyclic) bond motifs is 1. The minimum Gasteiger partial charge on any atom is -0.340 e. The van der Waals surface area contributed by atoms with Crippen LogP contribution in [0.25, 0.3) is 0 Å². The van der Waals surface area contributed by atoms with E-state index < -0.39 is 11.8 Å². The normalized spacial score (nSPS) is 21.2. The van der Waals surface area contributed by atoms with E-state index in [9.17, 15) is 13.6 Å². The van der Waals surface area contributed by atoms with Gasteiger partial charge in [0.2, 0.25) is 0 Å². The van der Waals surface area contributed by atoms with E-state index in [0.717, 1.165) is 0 Å². The van der Waals surface area contributed by atoms with Crippen LogP contribution in [-0.2, 0) is 10.2 Å². The number of rotatable bonds is 4. The molecule has 0 aromatic heterocycles. The van der Waals surface area contributed by atoms with Crippen LogP contribution in [0.4, 0.5) is 14.5 Å². The summed E-state index contributed by atoms with van der Waals surface area (Å²) in [5.74, 6) is 0.0854. The van der Waals surface area contributed by atoms with Crippen LogP contribution in [0, 0.1) is 0 Å². The SMILES string of the molecule is C=CC1=C(N=C)Nc2ccc(Cl)cc2C1(C=O)C(F)F. The third kappa shape index (κ3) is 1.86. The van der Waals surface area contributed by atoms with E-state index in [1.54, 1.807) is 0 Å². The number of benzene rings is 1. The molecule has 104 valence electrons. The number of halogens is 3. The molecule has 1 aliphatic rings. The Hall–Kier alpha value is -2.01. The van der Waals surface area contributed by atoms with Crippen molar-refractivity contribution < 1.29 is 13.6 Å². The summed E-state index contributed by atoms with van der Waals surface area (Å²) >= 11 is 5.86. The summed E-state index contributed by atoms with van der Waals surface area (Å²) in [7, 11) is 0. The molecule has 1 aliphatic heterocycles. The molecule has 1 unspecified atom stereocenters. The van der Waals surface area contributed by atoms with Crippen molar-refractivity contribution in [3.63, 3.8) is 0 Å². The van der Waals surface area contributed by atoms with Gasteiger partial charge in [0.25, 0.3) is 6.43 Å². The molecule has 1 N–H and O–H groups in total. The molecule has 0 saturated heterocycles. The standard InChI is InChI=1S/C14H11ClF2N2O/c1-3-9-12(18-2)19-11-5-4-8(15)6-10(11)14(9,7-20)13(16)17/h3-7,13,19H,1-2H2. The number of carbonyl (C=O) groups is 1. The second-order valence-electron chi connectivity index (χ2n) is 4.23. The number of carbonyl (C=O) groups excluding carboxylic acids is 1. The average Bonchev–Trinajstić information content (AvgIpc) is 2.44. The molecule has 0 spiro atoms. The van der Waals surface area contributed by atoms with E-state index in [1.165, 1.54) is 24.3 Å². The number of alkyl halides is 2. The molecule has 2 rings (SSSR count). The fraction of sp³-hybridized carbons (Fsp3) is 0.143. The average molecular weight is 297 g/mol. The Kier molecular flexibility index (Phi) is 3.72. The predicted octanol–water partition coefficient (Wildman–Crippen LogP) is 3.57. The van der Waals surface area contributed by atoms with Crippen molar-refractivity contribution in [2.24, 2.45) is 4.99 Å². The number of anilines is 1. The van der Waals surface area contributed by atoms with E-state index >= 15 is 0 Å². The third-order valence-electron chi connectivity index (χ3n) is 3.27. The Morgan fingerprint density at radius 3 is 2.65 bits per heavy atom. The zero-order valence-electron chi connectivity index (χ0n) is 10.4. The lowest BCUT2D eigenvalue weighted by Gasteiger charge is -2.36. The summed E-state index contributed by atoms with van der Waals surface area (Å²) in [4.78, 5) is 15.2. The topological polar surface area (TPSA) is 41.5 Å². The minimum absolute atomic E-state index is 0.0210. The fourth-order valence-electron chi connectivity index (χ4n) is 2.31. The Morgan fingerprint density at radius 2 is 2.15 bits per heavy atom. The Labute approximate surface area is 119 Å². The van der Waals surface area contributed by atoms with Gasteiger partial charge in [0.05, 0.1) is 0 Å². The lowest BCUT2D eigenvalue weighted by Crippen LogP contribution is -2.42. The van der Waals surface area contributed by atoms with Crippen LogP contribution in [0.15, 0.2) is 47.2 Å². The molecular weight excluding hydrogens is 286 g/mol. The zero-order valence-corrected chi connectivity index (χ0v) is 11.1. The monoisotopic (exact) mass is 296 g/mol. The molecular formula is C14H11ClF2N2O. The molecule has 1 aromatic rings. The van der Waals surface area contributed by atoms with Crippen LogP contribution in [0.3, 0.4) is 0 Å². The fourth-order valence-corrected chi connectivity index (χ4v) is 2.48. The summed E-state index contributed by atoms with van der Waals surface area (Å²) < 4.78 is 27.4. The summed E-state index contributed by atoms with van der Waals surface area (Å²) in [6.45, 7) is 6.82. The van der Waals surface area contributed by atoms with E-state index in [4.69, 9.17) is 11.6 Å². The van der Waals surface area contributed by atoms with Crippen LogP contribution in [0.5, 0.6) is 0 Å². The summed E-state index contributed by atoms with van der Waals surface area (Å²) in [6.07, 6.45) is -1.58. The van der Waals surface area contributed by atoms with Gasteiger partial charge in [0.15, 0.2) is 0 Å². The summed E-state index contributed by atoms with van der Waals surface area (Å²) in [6, 6.07) is 4.39. The second kappa shape index (κ2) is 5.17. The molecule has 6 heteroatoms. The van der Waals surface area contributed by atoms with Gasteiger partial charge >= 0.3 is 0 Å².